The van der Waals surface area contributed by atoms with E-state index in [0.29, 0.717) is 28.4 Å². The molecule has 0 atom stereocenters. The third-order valence-electron chi connectivity index (χ3n) is 6.02. The average molecular weight is 532 g/mol. The van der Waals surface area contributed by atoms with Gasteiger partial charge in [-0.3, -0.25) is 0 Å². The zero-order valence-electron chi connectivity index (χ0n) is 19.9. The quantitative estimate of drug-likeness (QED) is 0.194. The Kier molecular flexibility index (Phi) is 6.92. The first-order valence-corrected chi connectivity index (χ1v) is 11.2. The van der Waals surface area contributed by atoms with E-state index in [-0.39, 0.29) is 11.5 Å². The Labute approximate surface area is 214 Å². The van der Waals surface area contributed by atoms with Gasteiger partial charge in [-0.05, 0) is 90.3 Å². The lowest BCUT2D eigenvalue weighted by Gasteiger charge is -2.38. The fourth-order valence-corrected chi connectivity index (χ4v) is 4.05. The molecule has 198 valence electrons. The van der Waals surface area contributed by atoms with Crippen molar-refractivity contribution in [1.82, 2.24) is 0 Å². The lowest BCUT2D eigenvalue weighted by atomic mass is 9.73. The predicted molar refractivity (Wildman–Crippen MR) is 132 cm³/mol. The van der Waals surface area contributed by atoms with E-state index in [9.17, 15) is 26.3 Å². The Balaban J connectivity index is 1.71. The van der Waals surface area contributed by atoms with Crippen molar-refractivity contribution in [3.63, 3.8) is 0 Å². The Hall–Kier alpha value is -4.34. The largest absolute Gasteiger partial charge is 0.457 e. The highest BCUT2D eigenvalue weighted by Gasteiger charge is 2.72. The maximum atomic E-state index is 14.5. The van der Waals surface area contributed by atoms with Crippen LogP contribution in [0.1, 0.15) is 16.7 Å². The third kappa shape index (κ3) is 5.06. The van der Waals surface area contributed by atoms with Crippen LogP contribution in [0.3, 0.4) is 0 Å². The SMILES string of the molecule is Cc1cc(Oc2ccc(C(c3ccc(Oc4ccc(N)cc4)cc3)(C(F)(F)F)C(F)(F)F)cc2)ccc1N. The molecule has 0 unspecified atom stereocenters. The van der Waals surface area contributed by atoms with Gasteiger partial charge in [0, 0.05) is 11.4 Å². The second-order valence-corrected chi connectivity index (χ2v) is 8.59. The highest BCUT2D eigenvalue weighted by atomic mass is 19.4. The van der Waals surface area contributed by atoms with E-state index >= 15 is 0 Å². The van der Waals surface area contributed by atoms with Crippen molar-refractivity contribution in [1.29, 1.82) is 0 Å². The van der Waals surface area contributed by atoms with Gasteiger partial charge in [0.1, 0.15) is 23.0 Å². The number of hydrogen-bond acceptors (Lipinski definition) is 4. The molecule has 0 aromatic heterocycles. The van der Waals surface area contributed by atoms with Crippen LogP contribution in [-0.4, -0.2) is 12.4 Å². The van der Waals surface area contributed by atoms with Crippen LogP contribution in [-0.2, 0) is 5.41 Å². The van der Waals surface area contributed by atoms with Crippen LogP contribution in [0.2, 0.25) is 0 Å². The van der Waals surface area contributed by atoms with Gasteiger partial charge >= 0.3 is 12.4 Å². The monoisotopic (exact) mass is 532 g/mol. The van der Waals surface area contributed by atoms with Crippen molar-refractivity contribution in [3.8, 4) is 23.0 Å². The maximum Gasteiger partial charge on any atom is 0.411 e. The number of alkyl halides is 6. The molecule has 0 aliphatic rings. The summed E-state index contributed by atoms with van der Waals surface area (Å²) in [5.74, 6) is 0.763. The average Bonchev–Trinajstić information content (AvgIpc) is 2.84. The van der Waals surface area contributed by atoms with E-state index in [1.165, 1.54) is 12.1 Å². The van der Waals surface area contributed by atoms with Crippen molar-refractivity contribution in [2.45, 2.75) is 24.7 Å². The molecule has 0 heterocycles. The normalized spacial score (nSPS) is 12.3. The summed E-state index contributed by atoms with van der Waals surface area (Å²) >= 11 is 0. The van der Waals surface area contributed by atoms with Crippen LogP contribution < -0.4 is 20.9 Å². The highest BCUT2D eigenvalue weighted by molar-refractivity contribution is 5.51. The summed E-state index contributed by atoms with van der Waals surface area (Å²) in [6.07, 6.45) is -11.4. The van der Waals surface area contributed by atoms with Gasteiger partial charge in [-0.25, -0.2) is 0 Å². The topological polar surface area (TPSA) is 70.5 Å². The molecule has 0 radical (unpaired) electrons. The van der Waals surface area contributed by atoms with Gasteiger partial charge in [-0.15, -0.1) is 0 Å². The van der Waals surface area contributed by atoms with Crippen LogP contribution in [0.15, 0.2) is 91.0 Å². The van der Waals surface area contributed by atoms with E-state index in [0.717, 1.165) is 48.5 Å². The summed E-state index contributed by atoms with van der Waals surface area (Å²) in [5.41, 5.74) is 6.73. The van der Waals surface area contributed by atoms with Gasteiger partial charge in [0.05, 0.1) is 0 Å². The van der Waals surface area contributed by atoms with Crippen LogP contribution in [0.25, 0.3) is 0 Å². The molecule has 0 aliphatic heterocycles. The first kappa shape index (κ1) is 26.7. The number of ether oxygens (including phenoxy) is 2. The summed E-state index contributed by atoms with van der Waals surface area (Å²) in [6.45, 7) is 1.73. The predicted octanol–water partition coefficient (Wildman–Crippen LogP) is 8.15. The fraction of sp³-hybridized carbons (Fsp3) is 0.143. The molecule has 0 amide bonds. The molecule has 4 nitrogen and oxygen atoms in total. The number of nitrogen functional groups attached to an aromatic ring is 2. The van der Waals surface area contributed by atoms with Crippen molar-refractivity contribution in [2.24, 2.45) is 0 Å². The summed E-state index contributed by atoms with van der Waals surface area (Å²) in [6, 6.07) is 18.1. The molecule has 0 saturated heterocycles. The smallest absolute Gasteiger partial charge is 0.411 e. The highest BCUT2D eigenvalue weighted by Crippen LogP contribution is 2.56. The number of hydrogen-bond donors (Lipinski definition) is 2. The van der Waals surface area contributed by atoms with Crippen LogP contribution in [0.4, 0.5) is 37.7 Å². The number of benzene rings is 4. The maximum absolute atomic E-state index is 14.5. The molecule has 4 aromatic carbocycles. The molecule has 0 spiro atoms. The van der Waals surface area contributed by atoms with E-state index < -0.39 is 28.9 Å². The standard InChI is InChI=1S/C28H22F6N2O2/c1-17-16-24(14-15-25(17)36)38-22-10-4-19(5-11-22)26(27(29,30)31,28(32,33)34)18-2-8-21(9-3-18)37-23-12-6-20(35)7-13-23/h2-16H,35-36H2,1H3. The minimum absolute atomic E-state index is 0.0549. The summed E-state index contributed by atoms with van der Waals surface area (Å²) in [4.78, 5) is 0. The number of rotatable bonds is 6. The molecule has 4 aromatic rings. The Morgan fingerprint density at radius 3 is 1.29 bits per heavy atom. The van der Waals surface area contributed by atoms with Gasteiger partial charge in [-0.1, -0.05) is 24.3 Å². The summed E-state index contributed by atoms with van der Waals surface area (Å²) in [5, 5.41) is 0. The van der Waals surface area contributed by atoms with Crippen molar-refractivity contribution < 1.29 is 35.8 Å². The van der Waals surface area contributed by atoms with Gasteiger partial charge in [-0.2, -0.15) is 26.3 Å². The van der Waals surface area contributed by atoms with Crippen molar-refractivity contribution >= 4 is 11.4 Å². The minimum atomic E-state index is -5.72. The zero-order chi connectivity index (χ0) is 27.7. The van der Waals surface area contributed by atoms with E-state index in [2.05, 4.69) is 0 Å². The Morgan fingerprint density at radius 2 is 0.895 bits per heavy atom. The number of aryl methyl sites for hydroxylation is 1. The molecular weight excluding hydrogens is 510 g/mol. The molecule has 0 bridgehead atoms. The number of halogens is 6. The first-order valence-electron chi connectivity index (χ1n) is 11.2. The lowest BCUT2D eigenvalue weighted by Crippen LogP contribution is -2.54. The third-order valence-corrected chi connectivity index (χ3v) is 6.02. The summed E-state index contributed by atoms with van der Waals surface area (Å²) in [7, 11) is 0. The van der Waals surface area contributed by atoms with E-state index in [4.69, 9.17) is 20.9 Å². The van der Waals surface area contributed by atoms with Gasteiger partial charge in [0.2, 0.25) is 5.41 Å². The van der Waals surface area contributed by atoms with Gasteiger partial charge < -0.3 is 20.9 Å². The van der Waals surface area contributed by atoms with Crippen LogP contribution >= 0.6 is 0 Å². The lowest BCUT2D eigenvalue weighted by molar-refractivity contribution is -0.288. The van der Waals surface area contributed by atoms with Crippen molar-refractivity contribution in [2.75, 3.05) is 11.5 Å². The molecule has 0 saturated carbocycles. The zero-order valence-corrected chi connectivity index (χ0v) is 19.9. The molecule has 0 aliphatic carbocycles. The first-order chi connectivity index (χ1) is 17.8. The Morgan fingerprint density at radius 1 is 0.526 bits per heavy atom. The molecule has 0 fully saturated rings. The fourth-order valence-electron chi connectivity index (χ4n) is 4.05. The second-order valence-electron chi connectivity index (χ2n) is 8.59. The second kappa shape index (κ2) is 9.85. The molecule has 4 rings (SSSR count). The van der Waals surface area contributed by atoms with Crippen LogP contribution in [0, 0.1) is 6.92 Å². The molecule has 4 N–H and O–H groups in total. The van der Waals surface area contributed by atoms with Gasteiger partial charge in [0.15, 0.2) is 0 Å². The van der Waals surface area contributed by atoms with Crippen molar-refractivity contribution in [3.05, 3.63) is 108 Å². The molecule has 38 heavy (non-hydrogen) atoms. The minimum Gasteiger partial charge on any atom is -0.457 e. The Bertz CT molecular complexity index is 1380. The van der Waals surface area contributed by atoms with E-state index in [1.807, 2.05) is 0 Å². The van der Waals surface area contributed by atoms with Crippen LogP contribution in [0.5, 0.6) is 23.0 Å². The molecular formula is C28H22F6N2O2. The van der Waals surface area contributed by atoms with Gasteiger partial charge in [0.25, 0.3) is 0 Å². The summed E-state index contributed by atoms with van der Waals surface area (Å²) < 4.78 is 97.8. The van der Waals surface area contributed by atoms with E-state index in [1.54, 1.807) is 37.3 Å². The molecule has 10 heteroatoms. The number of anilines is 2. The number of nitrogens with two attached hydrogens (primary N) is 2.